The standard InChI is InChI=1S/C20H20N4OS2/c1-12-20(27-13(2)22-12)16-11-26-19(23-16)10-15-9-14(5-6-18(15)25-4)17-7-8-21-24(17)3/h5-9,11H,10H2,1-4H3. The van der Waals surface area contributed by atoms with E-state index < -0.39 is 0 Å². The Morgan fingerprint density at radius 1 is 1.15 bits per heavy atom. The first-order valence-electron chi connectivity index (χ1n) is 8.59. The summed E-state index contributed by atoms with van der Waals surface area (Å²) >= 11 is 3.37. The molecule has 0 N–H and O–H groups in total. The minimum absolute atomic E-state index is 0.733. The van der Waals surface area contributed by atoms with Crippen LogP contribution in [0.15, 0.2) is 35.8 Å². The van der Waals surface area contributed by atoms with E-state index in [9.17, 15) is 0 Å². The highest BCUT2D eigenvalue weighted by Crippen LogP contribution is 2.33. The van der Waals surface area contributed by atoms with Gasteiger partial charge in [0, 0.05) is 36.2 Å². The SMILES string of the molecule is COc1ccc(-c2ccnn2C)cc1Cc1nc(-c2sc(C)nc2C)cs1. The average Bonchev–Trinajstić information content (AvgIpc) is 3.35. The van der Waals surface area contributed by atoms with Gasteiger partial charge < -0.3 is 4.74 Å². The third-order valence-corrected chi connectivity index (χ3v) is 6.37. The molecule has 5 nitrogen and oxygen atoms in total. The van der Waals surface area contributed by atoms with Crippen LogP contribution in [-0.2, 0) is 13.5 Å². The van der Waals surface area contributed by atoms with E-state index in [1.54, 1.807) is 29.8 Å². The fraction of sp³-hybridized carbons (Fsp3) is 0.250. The number of ether oxygens (including phenoxy) is 1. The first-order chi connectivity index (χ1) is 13.0. The minimum atomic E-state index is 0.733. The van der Waals surface area contributed by atoms with Gasteiger partial charge in [0.1, 0.15) is 5.75 Å². The molecule has 0 bridgehead atoms. The van der Waals surface area contributed by atoms with Gasteiger partial charge in [0.25, 0.3) is 0 Å². The summed E-state index contributed by atoms with van der Waals surface area (Å²) in [5.74, 6) is 0.877. The van der Waals surface area contributed by atoms with Gasteiger partial charge in [-0.2, -0.15) is 5.10 Å². The third kappa shape index (κ3) is 3.52. The normalized spacial score (nSPS) is 11.1. The van der Waals surface area contributed by atoms with E-state index in [2.05, 4.69) is 27.6 Å². The zero-order valence-corrected chi connectivity index (χ0v) is 17.3. The van der Waals surface area contributed by atoms with Crippen LogP contribution in [0.2, 0.25) is 0 Å². The molecule has 138 valence electrons. The van der Waals surface area contributed by atoms with Crippen LogP contribution in [0.1, 0.15) is 21.3 Å². The fourth-order valence-electron chi connectivity index (χ4n) is 3.16. The summed E-state index contributed by atoms with van der Waals surface area (Å²) in [5, 5.41) is 8.52. The lowest BCUT2D eigenvalue weighted by Gasteiger charge is -2.10. The number of hydrogen-bond donors (Lipinski definition) is 0. The highest BCUT2D eigenvalue weighted by atomic mass is 32.1. The van der Waals surface area contributed by atoms with Crippen LogP contribution in [0.4, 0.5) is 0 Å². The van der Waals surface area contributed by atoms with Crippen LogP contribution < -0.4 is 4.74 Å². The molecular weight excluding hydrogens is 376 g/mol. The quantitative estimate of drug-likeness (QED) is 0.482. The number of nitrogens with zero attached hydrogens (tertiary/aromatic N) is 4. The molecule has 0 spiro atoms. The molecule has 4 aromatic rings. The van der Waals surface area contributed by atoms with E-state index in [1.807, 2.05) is 43.9 Å². The smallest absolute Gasteiger partial charge is 0.122 e. The van der Waals surface area contributed by atoms with E-state index in [-0.39, 0.29) is 0 Å². The van der Waals surface area contributed by atoms with Crippen molar-refractivity contribution >= 4 is 22.7 Å². The topological polar surface area (TPSA) is 52.8 Å². The Hall–Kier alpha value is -2.51. The Bertz CT molecular complexity index is 1090. The van der Waals surface area contributed by atoms with Crippen molar-refractivity contribution in [2.24, 2.45) is 7.05 Å². The first-order valence-corrected chi connectivity index (χ1v) is 10.3. The molecule has 7 heteroatoms. The predicted octanol–water partition coefficient (Wildman–Crippen LogP) is 4.88. The van der Waals surface area contributed by atoms with Crippen molar-refractivity contribution in [3.05, 3.63) is 57.1 Å². The molecule has 3 heterocycles. The monoisotopic (exact) mass is 396 g/mol. The molecule has 0 aliphatic carbocycles. The lowest BCUT2D eigenvalue weighted by molar-refractivity contribution is 0.410. The van der Waals surface area contributed by atoms with Crippen molar-refractivity contribution in [3.63, 3.8) is 0 Å². The summed E-state index contributed by atoms with van der Waals surface area (Å²) < 4.78 is 7.46. The number of thiazole rings is 2. The van der Waals surface area contributed by atoms with E-state index >= 15 is 0 Å². The maximum atomic E-state index is 5.58. The number of rotatable bonds is 5. The van der Waals surface area contributed by atoms with Crippen LogP contribution in [0.3, 0.4) is 0 Å². The number of aryl methyl sites for hydroxylation is 3. The van der Waals surface area contributed by atoms with Gasteiger partial charge in [-0.1, -0.05) is 0 Å². The molecule has 0 amide bonds. The van der Waals surface area contributed by atoms with Gasteiger partial charge in [0.2, 0.25) is 0 Å². The highest BCUT2D eigenvalue weighted by molar-refractivity contribution is 7.15. The van der Waals surface area contributed by atoms with Crippen LogP contribution in [-0.4, -0.2) is 26.9 Å². The number of benzene rings is 1. The van der Waals surface area contributed by atoms with Crippen LogP contribution >= 0.6 is 22.7 Å². The van der Waals surface area contributed by atoms with Gasteiger partial charge in [-0.05, 0) is 38.1 Å². The summed E-state index contributed by atoms with van der Waals surface area (Å²) in [5.41, 5.74) is 5.38. The molecule has 0 saturated carbocycles. The summed E-state index contributed by atoms with van der Waals surface area (Å²) in [6, 6.07) is 8.26. The number of aromatic nitrogens is 4. The van der Waals surface area contributed by atoms with Gasteiger partial charge in [0.15, 0.2) is 0 Å². The van der Waals surface area contributed by atoms with Gasteiger partial charge in [-0.15, -0.1) is 22.7 Å². The molecule has 27 heavy (non-hydrogen) atoms. The zero-order valence-electron chi connectivity index (χ0n) is 15.7. The molecule has 0 fully saturated rings. The Balaban J connectivity index is 1.66. The maximum absolute atomic E-state index is 5.58. The maximum Gasteiger partial charge on any atom is 0.122 e. The summed E-state index contributed by atoms with van der Waals surface area (Å²) in [6.07, 6.45) is 2.54. The van der Waals surface area contributed by atoms with Crippen molar-refractivity contribution < 1.29 is 4.74 Å². The molecule has 0 aliphatic heterocycles. The zero-order chi connectivity index (χ0) is 19.0. The largest absolute Gasteiger partial charge is 0.496 e. The fourth-order valence-corrected chi connectivity index (χ4v) is 4.92. The Morgan fingerprint density at radius 2 is 2.00 bits per heavy atom. The van der Waals surface area contributed by atoms with Gasteiger partial charge >= 0.3 is 0 Å². The van der Waals surface area contributed by atoms with Crippen molar-refractivity contribution in [1.82, 2.24) is 19.7 Å². The Morgan fingerprint density at radius 3 is 2.67 bits per heavy atom. The molecule has 3 aromatic heterocycles. The van der Waals surface area contributed by atoms with Gasteiger partial charge in [0.05, 0.1) is 39.1 Å². The van der Waals surface area contributed by atoms with E-state index in [0.29, 0.717) is 0 Å². The molecule has 0 atom stereocenters. The Kier molecular flexibility index (Phi) is 4.80. The van der Waals surface area contributed by atoms with Crippen LogP contribution in [0.5, 0.6) is 5.75 Å². The summed E-state index contributed by atoms with van der Waals surface area (Å²) in [7, 11) is 3.66. The van der Waals surface area contributed by atoms with Crippen molar-refractivity contribution in [2.45, 2.75) is 20.3 Å². The van der Waals surface area contributed by atoms with E-state index in [1.165, 1.54) is 0 Å². The predicted molar refractivity (Wildman–Crippen MR) is 111 cm³/mol. The third-order valence-electron chi connectivity index (χ3n) is 4.43. The van der Waals surface area contributed by atoms with Crippen molar-refractivity contribution in [3.8, 4) is 27.6 Å². The van der Waals surface area contributed by atoms with E-state index in [0.717, 1.165) is 55.3 Å². The number of hydrogen-bond acceptors (Lipinski definition) is 6. The second-order valence-corrected chi connectivity index (χ2v) is 8.46. The average molecular weight is 397 g/mol. The van der Waals surface area contributed by atoms with Crippen LogP contribution in [0, 0.1) is 13.8 Å². The molecule has 4 rings (SSSR count). The summed E-state index contributed by atoms with van der Waals surface area (Å²) in [6.45, 7) is 4.07. The molecule has 1 aromatic carbocycles. The second-order valence-electron chi connectivity index (χ2n) is 6.32. The van der Waals surface area contributed by atoms with Crippen LogP contribution in [0.25, 0.3) is 21.8 Å². The molecule has 0 radical (unpaired) electrons. The van der Waals surface area contributed by atoms with Crippen molar-refractivity contribution in [1.29, 1.82) is 0 Å². The van der Waals surface area contributed by atoms with Gasteiger partial charge in [-0.25, -0.2) is 9.97 Å². The number of methoxy groups -OCH3 is 1. The van der Waals surface area contributed by atoms with Gasteiger partial charge in [-0.3, -0.25) is 4.68 Å². The summed E-state index contributed by atoms with van der Waals surface area (Å²) in [4.78, 5) is 10.5. The lowest BCUT2D eigenvalue weighted by atomic mass is 10.0. The molecular formula is C20H20N4OS2. The van der Waals surface area contributed by atoms with Crippen molar-refractivity contribution in [2.75, 3.05) is 7.11 Å². The second kappa shape index (κ2) is 7.25. The molecule has 0 aliphatic rings. The Labute approximate surface area is 166 Å². The minimum Gasteiger partial charge on any atom is -0.496 e. The molecule has 0 saturated heterocycles. The molecule has 0 unspecified atom stereocenters. The lowest BCUT2D eigenvalue weighted by Crippen LogP contribution is -1.97. The van der Waals surface area contributed by atoms with E-state index in [4.69, 9.17) is 9.72 Å². The highest BCUT2D eigenvalue weighted by Gasteiger charge is 2.14. The first kappa shape index (κ1) is 17.9.